The summed E-state index contributed by atoms with van der Waals surface area (Å²) in [6, 6.07) is 5.24. The first-order valence-electron chi connectivity index (χ1n) is 6.58. The molecule has 0 radical (unpaired) electrons. The lowest BCUT2D eigenvalue weighted by atomic mass is 9.92. The van der Waals surface area contributed by atoms with Crippen LogP contribution in [0.15, 0.2) is 18.2 Å². The number of hydrogen-bond donors (Lipinski definition) is 2. The number of rotatable bonds is 2. The van der Waals surface area contributed by atoms with Crippen molar-refractivity contribution in [1.82, 2.24) is 4.90 Å². The first kappa shape index (κ1) is 15.5. The van der Waals surface area contributed by atoms with Gasteiger partial charge in [0.25, 0.3) is 0 Å². The van der Waals surface area contributed by atoms with Crippen LogP contribution in [0, 0.1) is 11.8 Å². The molecule has 0 aromatic heterocycles. The topological polar surface area (TPSA) is 35.5 Å². The minimum atomic E-state index is -0.855. The van der Waals surface area contributed by atoms with Gasteiger partial charge in [0.05, 0.1) is 17.3 Å². The lowest BCUT2D eigenvalue weighted by molar-refractivity contribution is 0.0349. The van der Waals surface area contributed by atoms with Gasteiger partial charge in [0.1, 0.15) is 5.60 Å². The largest absolute Gasteiger partial charge is 0.378 e. The molecule has 108 valence electrons. The van der Waals surface area contributed by atoms with Gasteiger partial charge in [0.15, 0.2) is 0 Å². The van der Waals surface area contributed by atoms with Crippen LogP contribution in [0.5, 0.6) is 0 Å². The van der Waals surface area contributed by atoms with Crippen LogP contribution in [0.4, 0.5) is 5.69 Å². The summed E-state index contributed by atoms with van der Waals surface area (Å²) in [5.41, 5.74) is -0.101. The number of piperidine rings is 1. The molecule has 2 N–H and O–H groups in total. The van der Waals surface area contributed by atoms with Crippen LogP contribution in [0.3, 0.4) is 0 Å². The van der Waals surface area contributed by atoms with Crippen molar-refractivity contribution in [2.75, 3.05) is 32.0 Å². The molecule has 2 rings (SSSR count). The van der Waals surface area contributed by atoms with Gasteiger partial charge in [-0.15, -0.1) is 0 Å². The molecule has 1 aromatic rings. The zero-order valence-corrected chi connectivity index (χ0v) is 12.9. The maximum absolute atomic E-state index is 10.3. The van der Waals surface area contributed by atoms with Crippen molar-refractivity contribution in [3.63, 3.8) is 0 Å². The highest BCUT2D eigenvalue weighted by Crippen LogP contribution is 2.25. The SMILES string of the molecule is CN1CCC(O)(C#CCNc2cc(Cl)ccc2Cl)CC1. The zero-order valence-electron chi connectivity index (χ0n) is 11.4. The Morgan fingerprint density at radius 3 is 2.75 bits per heavy atom. The molecule has 0 amide bonds. The highest BCUT2D eigenvalue weighted by atomic mass is 35.5. The molecule has 0 aliphatic carbocycles. The van der Waals surface area contributed by atoms with Gasteiger partial charge in [-0.1, -0.05) is 35.0 Å². The Kier molecular flexibility index (Phi) is 5.17. The number of nitrogens with one attached hydrogen (secondary N) is 1. The average Bonchev–Trinajstić information content (AvgIpc) is 2.42. The molecule has 1 aliphatic rings. The van der Waals surface area contributed by atoms with E-state index in [1.807, 2.05) is 0 Å². The summed E-state index contributed by atoms with van der Waals surface area (Å²) in [4.78, 5) is 2.19. The van der Waals surface area contributed by atoms with Crippen LogP contribution in [0.2, 0.25) is 10.0 Å². The van der Waals surface area contributed by atoms with Gasteiger partial charge in [-0.25, -0.2) is 0 Å². The second-order valence-corrected chi connectivity index (χ2v) is 5.96. The maximum Gasteiger partial charge on any atom is 0.128 e. The Bertz CT molecular complexity index is 528. The summed E-state index contributed by atoms with van der Waals surface area (Å²) in [6.45, 7) is 2.18. The quantitative estimate of drug-likeness (QED) is 0.824. The van der Waals surface area contributed by atoms with Crippen molar-refractivity contribution in [1.29, 1.82) is 0 Å². The summed E-state index contributed by atoms with van der Waals surface area (Å²) in [5.74, 6) is 5.94. The van der Waals surface area contributed by atoms with E-state index in [0.29, 0.717) is 29.4 Å². The van der Waals surface area contributed by atoms with Gasteiger partial charge in [0.2, 0.25) is 0 Å². The van der Waals surface area contributed by atoms with Crippen LogP contribution in [-0.2, 0) is 0 Å². The van der Waals surface area contributed by atoms with Crippen molar-refractivity contribution in [3.8, 4) is 11.8 Å². The summed E-state index contributed by atoms with van der Waals surface area (Å²) < 4.78 is 0. The van der Waals surface area contributed by atoms with E-state index in [2.05, 4.69) is 29.1 Å². The molecule has 20 heavy (non-hydrogen) atoms. The number of nitrogens with zero attached hydrogens (tertiary/aromatic N) is 1. The molecule has 1 aliphatic heterocycles. The van der Waals surface area contributed by atoms with Crippen LogP contribution in [0.1, 0.15) is 12.8 Å². The molecule has 0 unspecified atom stereocenters. The summed E-state index contributed by atoms with van der Waals surface area (Å²) in [7, 11) is 2.05. The molecule has 1 saturated heterocycles. The number of aliphatic hydroxyl groups is 1. The Morgan fingerprint density at radius 1 is 1.35 bits per heavy atom. The number of anilines is 1. The zero-order chi connectivity index (χ0) is 14.6. The minimum absolute atomic E-state index is 0.429. The molecule has 1 aromatic carbocycles. The van der Waals surface area contributed by atoms with Crippen LogP contribution < -0.4 is 5.32 Å². The van der Waals surface area contributed by atoms with Gasteiger partial charge >= 0.3 is 0 Å². The van der Waals surface area contributed by atoms with Crippen molar-refractivity contribution < 1.29 is 5.11 Å². The Labute approximate surface area is 129 Å². The Balaban J connectivity index is 1.90. The van der Waals surface area contributed by atoms with Crippen LogP contribution >= 0.6 is 23.2 Å². The lowest BCUT2D eigenvalue weighted by Gasteiger charge is -2.32. The van der Waals surface area contributed by atoms with Crippen LogP contribution in [0.25, 0.3) is 0 Å². The van der Waals surface area contributed by atoms with Crippen molar-refractivity contribution >= 4 is 28.9 Å². The van der Waals surface area contributed by atoms with Gasteiger partial charge in [-0.05, 0) is 25.2 Å². The highest BCUT2D eigenvalue weighted by molar-refractivity contribution is 6.35. The van der Waals surface area contributed by atoms with Crippen LogP contribution in [-0.4, -0.2) is 42.3 Å². The molecule has 0 atom stereocenters. The second-order valence-electron chi connectivity index (χ2n) is 5.11. The molecule has 1 heterocycles. The summed E-state index contributed by atoms with van der Waals surface area (Å²) >= 11 is 12.0. The molecule has 1 fully saturated rings. The first-order valence-corrected chi connectivity index (χ1v) is 7.34. The molecule has 0 bridgehead atoms. The fraction of sp³-hybridized carbons (Fsp3) is 0.467. The number of hydrogen-bond acceptors (Lipinski definition) is 3. The lowest BCUT2D eigenvalue weighted by Crippen LogP contribution is -2.41. The average molecular weight is 313 g/mol. The minimum Gasteiger partial charge on any atom is -0.378 e. The van der Waals surface area contributed by atoms with Gasteiger partial charge in [0, 0.05) is 31.0 Å². The maximum atomic E-state index is 10.3. The third-order valence-corrected chi connectivity index (χ3v) is 4.00. The molecule has 3 nitrogen and oxygen atoms in total. The normalized spacial score (nSPS) is 18.2. The standard InChI is InChI=1S/C15H18Cl2N2O/c1-19-9-6-15(20,7-10-19)5-2-8-18-14-11-12(16)3-4-13(14)17/h3-4,11,18,20H,6-10H2,1H3. The molecule has 0 spiro atoms. The number of likely N-dealkylation sites (tertiary alicyclic amines) is 1. The van der Waals surface area contributed by atoms with Gasteiger partial charge < -0.3 is 15.3 Å². The Hall–Kier alpha value is -0.920. The fourth-order valence-electron chi connectivity index (χ4n) is 2.09. The summed E-state index contributed by atoms with van der Waals surface area (Å²) in [6.07, 6.45) is 1.38. The van der Waals surface area contributed by atoms with E-state index in [0.717, 1.165) is 18.8 Å². The smallest absolute Gasteiger partial charge is 0.128 e. The van der Waals surface area contributed by atoms with E-state index in [1.165, 1.54) is 0 Å². The van der Waals surface area contributed by atoms with Gasteiger partial charge in [-0.3, -0.25) is 0 Å². The molecule has 0 saturated carbocycles. The van der Waals surface area contributed by atoms with E-state index in [1.54, 1.807) is 18.2 Å². The molecular weight excluding hydrogens is 295 g/mol. The first-order chi connectivity index (χ1) is 9.48. The highest BCUT2D eigenvalue weighted by Gasteiger charge is 2.28. The fourth-order valence-corrected chi connectivity index (χ4v) is 2.45. The van der Waals surface area contributed by atoms with E-state index >= 15 is 0 Å². The van der Waals surface area contributed by atoms with E-state index < -0.39 is 5.60 Å². The second kappa shape index (κ2) is 6.69. The third-order valence-electron chi connectivity index (χ3n) is 3.43. The third kappa shape index (κ3) is 4.29. The number of halogens is 2. The summed E-state index contributed by atoms with van der Waals surface area (Å²) in [5, 5.41) is 14.6. The number of benzene rings is 1. The predicted molar refractivity (Wildman–Crippen MR) is 84.4 cm³/mol. The van der Waals surface area contributed by atoms with Crippen molar-refractivity contribution in [3.05, 3.63) is 28.2 Å². The Morgan fingerprint density at radius 2 is 2.05 bits per heavy atom. The van der Waals surface area contributed by atoms with E-state index in [9.17, 15) is 5.11 Å². The molecule has 5 heteroatoms. The molecular formula is C15H18Cl2N2O. The van der Waals surface area contributed by atoms with Crippen molar-refractivity contribution in [2.45, 2.75) is 18.4 Å². The van der Waals surface area contributed by atoms with Gasteiger partial charge in [-0.2, -0.15) is 0 Å². The van der Waals surface area contributed by atoms with Crippen molar-refractivity contribution in [2.24, 2.45) is 0 Å². The van der Waals surface area contributed by atoms with E-state index in [-0.39, 0.29) is 0 Å². The predicted octanol–water partition coefficient (Wildman–Crippen LogP) is 2.87. The van der Waals surface area contributed by atoms with E-state index in [4.69, 9.17) is 23.2 Å². The monoisotopic (exact) mass is 312 g/mol.